The quantitative estimate of drug-likeness (QED) is 0.0261. The maximum absolute atomic E-state index is 12.9. The van der Waals surface area contributed by atoms with Crippen molar-refractivity contribution in [2.24, 2.45) is 0 Å². The molecule has 0 amide bonds. The first-order valence-electron chi connectivity index (χ1n) is 33.0. The Kier molecular flexibility index (Phi) is 62.8. The van der Waals surface area contributed by atoms with Crippen LogP contribution >= 0.6 is 0 Å². The largest absolute Gasteiger partial charge is 0.462 e. The molecule has 0 radical (unpaired) electrons. The third-order valence-corrected chi connectivity index (χ3v) is 14.0. The van der Waals surface area contributed by atoms with Crippen molar-refractivity contribution in [3.8, 4) is 0 Å². The number of allylic oxidation sites excluding steroid dienone is 20. The molecule has 6 nitrogen and oxygen atoms in total. The van der Waals surface area contributed by atoms with Crippen LogP contribution in [0.5, 0.6) is 0 Å². The number of carbonyl (C=O) groups excluding carboxylic acids is 3. The molecule has 1 unspecified atom stereocenters. The smallest absolute Gasteiger partial charge is 0.306 e. The molecule has 0 fully saturated rings. The Balaban J connectivity index is 4.48. The predicted octanol–water partition coefficient (Wildman–Crippen LogP) is 22.8. The summed E-state index contributed by atoms with van der Waals surface area (Å²) in [6, 6.07) is 0. The molecule has 0 N–H and O–H groups in total. The van der Waals surface area contributed by atoms with Crippen molar-refractivity contribution in [3.63, 3.8) is 0 Å². The van der Waals surface area contributed by atoms with E-state index in [2.05, 4.69) is 142 Å². The SMILES string of the molecule is CC/C=C\C/C=C\C/C=C\C/C=C\C/C=C\C/C=C\CCCCC(=O)OCC(COC(=O)CCCCCCCC/C=C\C/C=C\C/C=C\C/C=C\CC)OC(=O)CCCCCCCCCCCCCCCCCCCCCCC. The molecule has 0 heterocycles. The van der Waals surface area contributed by atoms with Crippen LogP contribution in [0.1, 0.15) is 303 Å². The fourth-order valence-electron chi connectivity index (χ4n) is 9.09. The highest BCUT2D eigenvalue weighted by molar-refractivity contribution is 5.71. The van der Waals surface area contributed by atoms with Gasteiger partial charge in [0.15, 0.2) is 6.10 Å². The Morgan fingerprint density at radius 1 is 0.266 bits per heavy atom. The number of esters is 3. The van der Waals surface area contributed by atoms with Crippen molar-refractivity contribution >= 4 is 17.9 Å². The van der Waals surface area contributed by atoms with Gasteiger partial charge in [0.05, 0.1) is 0 Å². The van der Waals surface area contributed by atoms with E-state index in [1.807, 2.05) is 0 Å². The van der Waals surface area contributed by atoms with Gasteiger partial charge in [0.25, 0.3) is 0 Å². The lowest BCUT2D eigenvalue weighted by atomic mass is 10.0. The van der Waals surface area contributed by atoms with Crippen LogP contribution in [-0.4, -0.2) is 37.2 Å². The Morgan fingerprint density at radius 3 is 0.797 bits per heavy atom. The average Bonchev–Trinajstić information content (AvgIpc) is 3.45. The van der Waals surface area contributed by atoms with E-state index in [4.69, 9.17) is 14.2 Å². The molecule has 0 bridgehead atoms. The van der Waals surface area contributed by atoms with Gasteiger partial charge in [0, 0.05) is 19.3 Å². The van der Waals surface area contributed by atoms with Gasteiger partial charge in [-0.3, -0.25) is 14.4 Å². The molecule has 0 rings (SSSR count). The molecule has 0 aromatic heterocycles. The van der Waals surface area contributed by atoms with Crippen LogP contribution in [0.15, 0.2) is 122 Å². The summed E-state index contributed by atoms with van der Waals surface area (Å²) in [6.07, 6.45) is 92.1. The van der Waals surface area contributed by atoms with E-state index < -0.39 is 6.10 Å². The van der Waals surface area contributed by atoms with Gasteiger partial charge in [0.1, 0.15) is 13.2 Å². The van der Waals surface area contributed by atoms with Crippen molar-refractivity contribution in [3.05, 3.63) is 122 Å². The van der Waals surface area contributed by atoms with Gasteiger partial charge in [0.2, 0.25) is 0 Å². The fourth-order valence-corrected chi connectivity index (χ4v) is 9.09. The maximum atomic E-state index is 12.9. The lowest BCUT2D eigenvalue weighted by Gasteiger charge is -2.18. The second-order valence-electron chi connectivity index (χ2n) is 21.6. The van der Waals surface area contributed by atoms with Gasteiger partial charge in [-0.05, 0) is 109 Å². The van der Waals surface area contributed by atoms with Crippen molar-refractivity contribution in [2.45, 2.75) is 309 Å². The van der Waals surface area contributed by atoms with E-state index >= 15 is 0 Å². The van der Waals surface area contributed by atoms with Gasteiger partial charge in [-0.2, -0.15) is 0 Å². The molecule has 0 aliphatic carbocycles. The normalized spacial score (nSPS) is 12.9. The summed E-state index contributed by atoms with van der Waals surface area (Å²) in [4.78, 5) is 38.4. The second kappa shape index (κ2) is 66.3. The summed E-state index contributed by atoms with van der Waals surface area (Å²) < 4.78 is 16.9. The summed E-state index contributed by atoms with van der Waals surface area (Å²) in [6.45, 7) is 6.40. The summed E-state index contributed by atoms with van der Waals surface area (Å²) >= 11 is 0. The third-order valence-electron chi connectivity index (χ3n) is 14.0. The van der Waals surface area contributed by atoms with Crippen molar-refractivity contribution in [1.29, 1.82) is 0 Å². The molecule has 0 aliphatic rings. The van der Waals surface area contributed by atoms with E-state index in [9.17, 15) is 14.4 Å². The average molecular weight is 1100 g/mol. The number of ether oxygens (including phenoxy) is 3. The minimum atomic E-state index is -0.806. The summed E-state index contributed by atoms with van der Waals surface area (Å²) in [5.41, 5.74) is 0. The van der Waals surface area contributed by atoms with Crippen LogP contribution in [0.4, 0.5) is 0 Å². The summed E-state index contributed by atoms with van der Waals surface area (Å²) in [5.74, 6) is -0.948. The van der Waals surface area contributed by atoms with E-state index in [0.717, 1.165) is 135 Å². The number of unbranched alkanes of at least 4 members (excludes halogenated alkanes) is 28. The maximum Gasteiger partial charge on any atom is 0.306 e. The minimum Gasteiger partial charge on any atom is -0.462 e. The van der Waals surface area contributed by atoms with E-state index in [-0.39, 0.29) is 31.1 Å². The molecule has 0 aromatic carbocycles. The molecule has 1 atom stereocenters. The Bertz CT molecular complexity index is 1640. The summed E-state index contributed by atoms with van der Waals surface area (Å²) in [7, 11) is 0. The topological polar surface area (TPSA) is 78.9 Å². The second-order valence-corrected chi connectivity index (χ2v) is 21.6. The van der Waals surface area contributed by atoms with Crippen molar-refractivity contribution in [2.75, 3.05) is 13.2 Å². The highest BCUT2D eigenvalue weighted by Crippen LogP contribution is 2.17. The Labute approximate surface area is 488 Å². The van der Waals surface area contributed by atoms with Crippen LogP contribution in [-0.2, 0) is 28.6 Å². The molecule has 0 aromatic rings. The van der Waals surface area contributed by atoms with Gasteiger partial charge < -0.3 is 14.2 Å². The third kappa shape index (κ3) is 64.5. The van der Waals surface area contributed by atoms with E-state index in [0.29, 0.717) is 19.3 Å². The zero-order valence-electron chi connectivity index (χ0n) is 51.6. The van der Waals surface area contributed by atoms with Crippen molar-refractivity contribution in [1.82, 2.24) is 0 Å². The monoisotopic (exact) mass is 1090 g/mol. The molecule has 0 saturated heterocycles. The number of carbonyl (C=O) groups is 3. The minimum absolute atomic E-state index is 0.100. The molecule has 450 valence electrons. The zero-order chi connectivity index (χ0) is 57.1. The first-order valence-corrected chi connectivity index (χ1v) is 33.0. The first-order chi connectivity index (χ1) is 39.0. The number of rotatable bonds is 59. The number of hydrogen-bond acceptors (Lipinski definition) is 6. The molecule has 0 saturated carbocycles. The lowest BCUT2D eigenvalue weighted by molar-refractivity contribution is -0.167. The van der Waals surface area contributed by atoms with E-state index in [1.165, 1.54) is 128 Å². The molecule has 0 spiro atoms. The fraction of sp³-hybridized carbons (Fsp3) is 0.685. The predicted molar refractivity (Wildman–Crippen MR) is 343 cm³/mol. The number of hydrogen-bond donors (Lipinski definition) is 0. The van der Waals surface area contributed by atoms with Crippen LogP contribution in [0.3, 0.4) is 0 Å². The molecule has 79 heavy (non-hydrogen) atoms. The standard InChI is InChI=1S/C73H122O6/c1-4-7-10-13-16-19-22-25-28-31-34-36-39-42-45-48-51-54-57-60-63-66-72(75)78-69-70(68-77-71(74)65-62-59-56-53-50-47-44-41-38-33-30-27-24-21-18-15-12-9-6-3)79-73(76)67-64-61-58-55-52-49-46-43-40-37-35-32-29-26-23-20-17-14-11-8-5-2/h7,9-10,12,16,18-19,21,25,27-28,30,34,36,38,41-42,45,51,54,70H,4-6,8,11,13-15,17,20,22-24,26,29,31-33,35,37,39-40,43-44,46-50,52-53,55-69H2,1-3H3/b10-7-,12-9-,19-16-,21-18-,28-25-,30-27-,36-34-,41-38-,45-42-,54-51-. The highest BCUT2D eigenvalue weighted by atomic mass is 16.6. The Hall–Kier alpha value is -4.19. The van der Waals surface area contributed by atoms with E-state index in [1.54, 1.807) is 0 Å². The van der Waals surface area contributed by atoms with Gasteiger partial charge in [-0.25, -0.2) is 0 Å². The highest BCUT2D eigenvalue weighted by Gasteiger charge is 2.19. The first kappa shape index (κ1) is 74.8. The van der Waals surface area contributed by atoms with Crippen LogP contribution in [0.2, 0.25) is 0 Å². The summed E-state index contributed by atoms with van der Waals surface area (Å²) in [5, 5.41) is 0. The molecule has 6 heteroatoms. The van der Waals surface area contributed by atoms with Crippen LogP contribution in [0, 0.1) is 0 Å². The van der Waals surface area contributed by atoms with Gasteiger partial charge >= 0.3 is 17.9 Å². The zero-order valence-corrected chi connectivity index (χ0v) is 51.6. The van der Waals surface area contributed by atoms with Gasteiger partial charge in [-0.1, -0.05) is 296 Å². The van der Waals surface area contributed by atoms with Crippen LogP contribution < -0.4 is 0 Å². The molecule has 0 aliphatic heterocycles. The van der Waals surface area contributed by atoms with Gasteiger partial charge in [-0.15, -0.1) is 0 Å². The van der Waals surface area contributed by atoms with Crippen molar-refractivity contribution < 1.29 is 28.6 Å². The molecular formula is C73H122O6. The Morgan fingerprint density at radius 2 is 0.494 bits per heavy atom. The van der Waals surface area contributed by atoms with Crippen LogP contribution in [0.25, 0.3) is 0 Å². The molecular weight excluding hydrogens is 973 g/mol. The lowest BCUT2D eigenvalue weighted by Crippen LogP contribution is -2.30.